The lowest BCUT2D eigenvalue weighted by Gasteiger charge is -2.10. The quantitative estimate of drug-likeness (QED) is 0.454. The Kier molecular flexibility index (Phi) is 3.47. The van der Waals surface area contributed by atoms with Crippen LogP contribution in [0.4, 0.5) is 0 Å². The average molecular weight is 232 g/mol. The van der Waals surface area contributed by atoms with E-state index in [0.717, 1.165) is 17.0 Å². The van der Waals surface area contributed by atoms with E-state index in [-0.39, 0.29) is 12.5 Å². The van der Waals surface area contributed by atoms with Gasteiger partial charge in [0.1, 0.15) is 12.4 Å². The molecular weight excluding hydrogens is 220 g/mol. The summed E-state index contributed by atoms with van der Waals surface area (Å²) in [6.07, 6.45) is 0. The Labute approximate surface area is 98.5 Å². The van der Waals surface area contributed by atoms with Crippen LogP contribution in [0.25, 0.3) is 10.4 Å². The first-order valence-electron chi connectivity index (χ1n) is 5.18. The molecule has 1 aliphatic rings. The van der Waals surface area contributed by atoms with Crippen LogP contribution in [0.1, 0.15) is 11.5 Å². The van der Waals surface area contributed by atoms with Gasteiger partial charge in [0.05, 0.1) is 25.3 Å². The van der Waals surface area contributed by atoms with Gasteiger partial charge in [0.15, 0.2) is 0 Å². The van der Waals surface area contributed by atoms with Gasteiger partial charge in [-0.1, -0.05) is 22.4 Å². The summed E-state index contributed by atoms with van der Waals surface area (Å²) in [5, 5.41) is 7.40. The third kappa shape index (κ3) is 2.49. The summed E-state index contributed by atoms with van der Waals surface area (Å²) in [6, 6.07) is 7.70. The molecule has 0 spiro atoms. The molecule has 6 nitrogen and oxygen atoms in total. The largest absolute Gasteiger partial charge is 0.497 e. The van der Waals surface area contributed by atoms with Crippen molar-refractivity contribution in [1.29, 1.82) is 0 Å². The predicted octanol–water partition coefficient (Wildman–Crippen LogP) is 2.48. The number of azide groups is 1. The number of benzene rings is 1. The van der Waals surface area contributed by atoms with Gasteiger partial charge in [-0.05, 0) is 23.2 Å². The summed E-state index contributed by atoms with van der Waals surface area (Å²) in [4.78, 5) is 7.77. The van der Waals surface area contributed by atoms with Crippen LogP contribution in [0.2, 0.25) is 0 Å². The summed E-state index contributed by atoms with van der Waals surface area (Å²) < 4.78 is 5.10. The Morgan fingerprint density at radius 2 is 2.29 bits per heavy atom. The highest BCUT2D eigenvalue weighted by Crippen LogP contribution is 2.25. The first kappa shape index (κ1) is 11.3. The van der Waals surface area contributed by atoms with E-state index in [9.17, 15) is 0 Å². The van der Waals surface area contributed by atoms with Crippen molar-refractivity contribution < 1.29 is 9.57 Å². The van der Waals surface area contributed by atoms with Crippen molar-refractivity contribution in [3.8, 4) is 5.75 Å². The van der Waals surface area contributed by atoms with E-state index in [2.05, 4.69) is 15.2 Å². The van der Waals surface area contributed by atoms with Crippen molar-refractivity contribution in [2.45, 2.75) is 5.92 Å². The van der Waals surface area contributed by atoms with E-state index in [0.29, 0.717) is 6.61 Å². The summed E-state index contributed by atoms with van der Waals surface area (Å²) in [5.74, 6) is 0.868. The summed E-state index contributed by atoms with van der Waals surface area (Å²) in [7, 11) is 1.63. The van der Waals surface area contributed by atoms with Crippen LogP contribution in [-0.2, 0) is 4.84 Å². The molecule has 0 saturated carbocycles. The van der Waals surface area contributed by atoms with E-state index in [1.807, 2.05) is 24.3 Å². The Hall–Kier alpha value is -2.20. The van der Waals surface area contributed by atoms with Gasteiger partial charge in [0.2, 0.25) is 0 Å². The molecule has 0 radical (unpaired) electrons. The van der Waals surface area contributed by atoms with Crippen LogP contribution in [0.3, 0.4) is 0 Å². The molecule has 1 atom stereocenters. The minimum atomic E-state index is 0.0615. The zero-order valence-corrected chi connectivity index (χ0v) is 9.41. The van der Waals surface area contributed by atoms with Gasteiger partial charge < -0.3 is 9.57 Å². The number of nitrogens with zero attached hydrogens (tertiary/aromatic N) is 4. The molecular formula is C11H12N4O2. The van der Waals surface area contributed by atoms with Gasteiger partial charge >= 0.3 is 0 Å². The Bertz CT molecular complexity index is 463. The van der Waals surface area contributed by atoms with E-state index in [1.54, 1.807) is 7.11 Å². The maximum absolute atomic E-state index is 8.30. The molecule has 0 fully saturated rings. The number of methoxy groups -OCH3 is 1. The molecule has 0 amide bonds. The fourth-order valence-electron chi connectivity index (χ4n) is 1.72. The van der Waals surface area contributed by atoms with E-state index >= 15 is 0 Å². The topological polar surface area (TPSA) is 79.6 Å². The zero-order chi connectivity index (χ0) is 12.1. The van der Waals surface area contributed by atoms with E-state index < -0.39 is 0 Å². The normalized spacial score (nSPS) is 17.9. The minimum absolute atomic E-state index is 0.0615. The van der Waals surface area contributed by atoms with Gasteiger partial charge in [0.25, 0.3) is 0 Å². The third-order valence-electron chi connectivity index (χ3n) is 2.64. The molecule has 88 valence electrons. The van der Waals surface area contributed by atoms with Crippen molar-refractivity contribution in [3.05, 3.63) is 40.3 Å². The second kappa shape index (κ2) is 5.23. The summed E-state index contributed by atoms with van der Waals surface area (Å²) >= 11 is 0. The second-order valence-electron chi connectivity index (χ2n) is 3.59. The van der Waals surface area contributed by atoms with Crippen molar-refractivity contribution in [2.75, 3.05) is 20.3 Å². The second-order valence-corrected chi connectivity index (χ2v) is 3.59. The highest BCUT2D eigenvalue weighted by molar-refractivity contribution is 5.93. The Morgan fingerprint density at radius 3 is 2.94 bits per heavy atom. The molecule has 2 rings (SSSR count). The Balaban J connectivity index is 2.15. The van der Waals surface area contributed by atoms with Crippen molar-refractivity contribution in [2.24, 2.45) is 10.3 Å². The molecule has 1 unspecified atom stereocenters. The fourth-order valence-corrected chi connectivity index (χ4v) is 1.72. The number of oxime groups is 1. The first-order chi connectivity index (χ1) is 8.35. The van der Waals surface area contributed by atoms with Crippen LogP contribution in [-0.4, -0.2) is 26.0 Å². The van der Waals surface area contributed by atoms with E-state index in [1.165, 1.54) is 0 Å². The predicted molar refractivity (Wildman–Crippen MR) is 63.1 cm³/mol. The molecule has 0 bridgehead atoms. The maximum Gasteiger partial charge on any atom is 0.129 e. The summed E-state index contributed by atoms with van der Waals surface area (Å²) in [6.45, 7) is 0.732. The van der Waals surface area contributed by atoms with Crippen LogP contribution >= 0.6 is 0 Å². The van der Waals surface area contributed by atoms with E-state index in [4.69, 9.17) is 15.1 Å². The van der Waals surface area contributed by atoms with Crippen molar-refractivity contribution in [1.82, 2.24) is 0 Å². The van der Waals surface area contributed by atoms with Gasteiger partial charge in [-0.25, -0.2) is 0 Å². The lowest BCUT2D eigenvalue weighted by atomic mass is 9.95. The third-order valence-corrected chi connectivity index (χ3v) is 2.64. The SMILES string of the molecule is COc1ccc(C2CON=C2CN=[N+]=[N-])cc1. The molecule has 1 aromatic rings. The minimum Gasteiger partial charge on any atom is -0.497 e. The molecule has 0 aromatic heterocycles. The first-order valence-corrected chi connectivity index (χ1v) is 5.18. The lowest BCUT2D eigenvalue weighted by Crippen LogP contribution is -2.13. The van der Waals surface area contributed by atoms with Crippen molar-refractivity contribution >= 4 is 5.71 Å². The molecule has 6 heteroatoms. The van der Waals surface area contributed by atoms with Gasteiger partial charge in [-0.15, -0.1) is 0 Å². The van der Waals surface area contributed by atoms with Crippen LogP contribution in [0, 0.1) is 0 Å². The Morgan fingerprint density at radius 1 is 1.53 bits per heavy atom. The maximum atomic E-state index is 8.30. The van der Waals surface area contributed by atoms with Crippen LogP contribution < -0.4 is 4.74 Å². The van der Waals surface area contributed by atoms with Gasteiger partial charge in [-0.3, -0.25) is 0 Å². The number of rotatable bonds is 4. The molecule has 0 N–H and O–H groups in total. The zero-order valence-electron chi connectivity index (χ0n) is 9.41. The average Bonchev–Trinajstić information content (AvgIpc) is 2.84. The van der Waals surface area contributed by atoms with Crippen molar-refractivity contribution in [3.63, 3.8) is 0 Å². The monoisotopic (exact) mass is 232 g/mol. The highest BCUT2D eigenvalue weighted by Gasteiger charge is 2.24. The molecule has 1 aliphatic heterocycles. The van der Waals surface area contributed by atoms with Gasteiger partial charge in [-0.2, -0.15) is 0 Å². The van der Waals surface area contributed by atoms with Crippen LogP contribution in [0.5, 0.6) is 5.75 Å². The molecule has 1 heterocycles. The standard InChI is InChI=1S/C11H12N4O2/c1-16-9-4-2-8(3-5-9)10-7-17-14-11(10)6-13-15-12/h2-5,10H,6-7H2,1H3. The number of ether oxygens (including phenoxy) is 1. The molecule has 0 saturated heterocycles. The number of hydrogen-bond acceptors (Lipinski definition) is 4. The molecule has 0 aliphatic carbocycles. The fraction of sp³-hybridized carbons (Fsp3) is 0.364. The molecule has 1 aromatic carbocycles. The van der Waals surface area contributed by atoms with Crippen LogP contribution in [0.15, 0.2) is 34.5 Å². The highest BCUT2D eigenvalue weighted by atomic mass is 16.6. The lowest BCUT2D eigenvalue weighted by molar-refractivity contribution is 0.166. The summed E-state index contributed by atoms with van der Waals surface area (Å²) in [5.41, 5.74) is 10.1. The molecule has 17 heavy (non-hydrogen) atoms. The number of hydrogen-bond donors (Lipinski definition) is 0. The van der Waals surface area contributed by atoms with Gasteiger partial charge in [0, 0.05) is 4.91 Å². The smallest absolute Gasteiger partial charge is 0.129 e.